The van der Waals surface area contributed by atoms with Crippen LogP contribution in [0.5, 0.6) is 0 Å². The molecule has 3 aliphatic rings. The van der Waals surface area contributed by atoms with Crippen LogP contribution in [0, 0.1) is 0 Å². The van der Waals surface area contributed by atoms with Crippen molar-refractivity contribution in [2.75, 3.05) is 13.2 Å². The maximum Gasteiger partial charge on any atom is 0.353 e. The second-order valence-electron chi connectivity index (χ2n) is 8.89. The maximum absolute atomic E-state index is 14.2. The fourth-order valence-electron chi connectivity index (χ4n) is 5.83. The topological polar surface area (TPSA) is 58.2 Å². The van der Waals surface area contributed by atoms with Crippen molar-refractivity contribution in [1.82, 2.24) is 13.9 Å². The fourth-order valence-corrected chi connectivity index (χ4v) is 5.83. The number of hydrogen-bond donors (Lipinski definition) is 0. The van der Waals surface area contributed by atoms with Gasteiger partial charge in [-0.1, -0.05) is 78.9 Å². The number of ether oxygens (including phenoxy) is 1. The summed E-state index contributed by atoms with van der Waals surface area (Å²) < 4.78 is 10.6. The second-order valence-corrected chi connectivity index (χ2v) is 8.89. The molecule has 6 heteroatoms. The van der Waals surface area contributed by atoms with Crippen molar-refractivity contribution in [1.29, 1.82) is 0 Å². The van der Waals surface area contributed by atoms with Gasteiger partial charge in [-0.2, -0.15) is 0 Å². The minimum absolute atomic E-state index is 0.361. The minimum atomic E-state index is -0.899. The average Bonchev–Trinajstić information content (AvgIpc) is 3.58. The van der Waals surface area contributed by atoms with Crippen molar-refractivity contribution in [3.8, 4) is 5.69 Å². The van der Waals surface area contributed by atoms with E-state index in [-0.39, 0.29) is 11.4 Å². The molecule has 0 N–H and O–H groups in total. The minimum Gasteiger partial charge on any atom is -0.373 e. The number of benzene rings is 3. The summed E-state index contributed by atoms with van der Waals surface area (Å²) in [6.07, 6.45) is 4.10. The van der Waals surface area contributed by atoms with E-state index in [9.17, 15) is 9.59 Å². The van der Waals surface area contributed by atoms with E-state index in [4.69, 9.17) is 4.74 Å². The van der Waals surface area contributed by atoms with Gasteiger partial charge in [0, 0.05) is 0 Å². The zero-order valence-electron chi connectivity index (χ0n) is 18.3. The Kier molecular flexibility index (Phi) is 3.93. The Morgan fingerprint density at radius 2 is 1.50 bits per heavy atom. The van der Waals surface area contributed by atoms with E-state index in [1.165, 1.54) is 4.57 Å². The van der Waals surface area contributed by atoms with Crippen LogP contribution in [0.4, 0.5) is 0 Å². The largest absolute Gasteiger partial charge is 0.373 e. The summed E-state index contributed by atoms with van der Waals surface area (Å²) in [5.41, 5.74) is 3.99. The number of para-hydroxylation sites is 1. The lowest BCUT2D eigenvalue weighted by Gasteiger charge is -2.40. The van der Waals surface area contributed by atoms with E-state index >= 15 is 0 Å². The van der Waals surface area contributed by atoms with Gasteiger partial charge in [-0.25, -0.2) is 23.5 Å². The van der Waals surface area contributed by atoms with Crippen LogP contribution in [0.25, 0.3) is 11.8 Å². The molecule has 34 heavy (non-hydrogen) atoms. The Bertz CT molecular complexity index is 1620. The molecule has 1 aliphatic carbocycles. The molecule has 2 aliphatic heterocycles. The summed E-state index contributed by atoms with van der Waals surface area (Å²) in [5, 5.41) is 0. The van der Waals surface area contributed by atoms with E-state index in [0.29, 0.717) is 18.9 Å². The highest BCUT2D eigenvalue weighted by molar-refractivity contribution is 5.70. The Hall–Kier alpha value is -4.16. The summed E-state index contributed by atoms with van der Waals surface area (Å²) in [5.74, 6) is 0. The number of nitrogens with zero attached hydrogens (tertiary/aromatic N) is 3. The van der Waals surface area contributed by atoms with Gasteiger partial charge in [0.05, 0.1) is 18.9 Å². The molecule has 0 saturated heterocycles. The van der Waals surface area contributed by atoms with Gasteiger partial charge in [0.15, 0.2) is 0 Å². The van der Waals surface area contributed by atoms with Crippen LogP contribution in [-0.2, 0) is 10.3 Å². The predicted molar refractivity (Wildman–Crippen MR) is 129 cm³/mol. The molecule has 0 radical (unpaired) electrons. The Labute approximate surface area is 195 Å². The summed E-state index contributed by atoms with van der Waals surface area (Å²) in [4.78, 5) is 28.3. The number of allylic oxidation sites excluding steroid dienone is 1. The zero-order valence-corrected chi connectivity index (χ0v) is 18.3. The third-order valence-electron chi connectivity index (χ3n) is 7.24. The normalized spacial score (nSPS) is 22.2. The van der Waals surface area contributed by atoms with Crippen LogP contribution in [0.15, 0.2) is 112 Å². The van der Waals surface area contributed by atoms with Gasteiger partial charge in [-0.3, -0.25) is 0 Å². The molecule has 3 aromatic carbocycles. The van der Waals surface area contributed by atoms with Crippen LogP contribution in [-0.4, -0.2) is 27.1 Å². The Morgan fingerprint density at radius 1 is 0.794 bits per heavy atom. The molecule has 0 amide bonds. The Morgan fingerprint density at radius 3 is 2.29 bits per heavy atom. The highest BCUT2D eigenvalue weighted by Gasteiger charge is 2.52. The number of fused-ring (bicyclic) bond motifs is 5. The van der Waals surface area contributed by atoms with E-state index in [1.54, 1.807) is 21.5 Å². The number of hydrogen-bond acceptors (Lipinski definition) is 3. The monoisotopic (exact) mass is 447 g/mol. The molecular formula is C28H21N3O3. The van der Waals surface area contributed by atoms with Crippen molar-refractivity contribution in [3.63, 3.8) is 0 Å². The summed E-state index contributed by atoms with van der Waals surface area (Å²) in [6.45, 7) is 0.832. The molecule has 1 spiro atoms. The summed E-state index contributed by atoms with van der Waals surface area (Å²) in [7, 11) is 0. The van der Waals surface area contributed by atoms with E-state index in [2.05, 4.69) is 6.08 Å². The van der Waals surface area contributed by atoms with E-state index < -0.39 is 11.6 Å². The summed E-state index contributed by atoms with van der Waals surface area (Å²) in [6, 6.07) is 26.7. The highest BCUT2D eigenvalue weighted by atomic mass is 16.5. The standard InChI is InChI=1S/C28H21N3O3/c32-26-29(21-12-5-2-6-13-21)27(33)31-28(16-15-19-9-7-8-14-23(19)28)24-18-34-17-22(24)25(30(26)31)20-10-3-1-4-11-20/h1-16,25H,17-18H2/t25-,28+/m1/s1. The van der Waals surface area contributed by atoms with Gasteiger partial charge in [0.2, 0.25) is 0 Å². The van der Waals surface area contributed by atoms with Crippen molar-refractivity contribution in [2.45, 2.75) is 11.6 Å². The van der Waals surface area contributed by atoms with Gasteiger partial charge in [-0.15, -0.1) is 0 Å². The van der Waals surface area contributed by atoms with Gasteiger partial charge < -0.3 is 4.74 Å². The molecule has 7 rings (SSSR count). The first-order chi connectivity index (χ1) is 16.7. The average molecular weight is 447 g/mol. The van der Waals surface area contributed by atoms with Gasteiger partial charge in [0.1, 0.15) is 11.6 Å². The third kappa shape index (κ3) is 2.33. The predicted octanol–water partition coefficient (Wildman–Crippen LogP) is 3.50. The van der Waals surface area contributed by atoms with Crippen LogP contribution < -0.4 is 11.4 Å². The van der Waals surface area contributed by atoms with E-state index in [0.717, 1.165) is 27.8 Å². The van der Waals surface area contributed by atoms with E-state index in [1.807, 2.05) is 78.9 Å². The Balaban J connectivity index is 1.64. The summed E-state index contributed by atoms with van der Waals surface area (Å²) >= 11 is 0. The van der Waals surface area contributed by atoms with Crippen LogP contribution >= 0.6 is 0 Å². The molecule has 0 saturated carbocycles. The molecule has 2 atom stereocenters. The first kappa shape index (κ1) is 19.3. The molecule has 1 aromatic heterocycles. The zero-order chi connectivity index (χ0) is 22.9. The molecular weight excluding hydrogens is 426 g/mol. The van der Waals surface area contributed by atoms with Gasteiger partial charge >= 0.3 is 11.4 Å². The van der Waals surface area contributed by atoms with Crippen molar-refractivity contribution < 1.29 is 4.74 Å². The molecule has 166 valence electrons. The lowest BCUT2D eigenvalue weighted by atomic mass is 9.79. The number of rotatable bonds is 2. The van der Waals surface area contributed by atoms with Crippen molar-refractivity contribution in [3.05, 3.63) is 140 Å². The first-order valence-corrected chi connectivity index (χ1v) is 11.4. The highest BCUT2D eigenvalue weighted by Crippen LogP contribution is 2.50. The smallest absolute Gasteiger partial charge is 0.353 e. The molecule has 6 nitrogen and oxygen atoms in total. The van der Waals surface area contributed by atoms with Crippen LogP contribution in [0.1, 0.15) is 22.7 Å². The quantitative estimate of drug-likeness (QED) is 0.442. The SMILES string of the molecule is O=c1n(-c2ccccc2)c(=O)n2n1[C@H](c1ccccc1)C1=C(COC1)[C@@]21C=Cc2ccccc21. The first-order valence-electron chi connectivity index (χ1n) is 11.4. The second kappa shape index (κ2) is 6.92. The lowest BCUT2D eigenvalue weighted by Crippen LogP contribution is -2.50. The van der Waals surface area contributed by atoms with Crippen molar-refractivity contribution in [2.24, 2.45) is 0 Å². The number of aromatic nitrogens is 3. The molecule has 0 unspecified atom stereocenters. The van der Waals surface area contributed by atoms with Crippen LogP contribution in [0.3, 0.4) is 0 Å². The fraction of sp³-hybridized carbons (Fsp3) is 0.143. The molecule has 4 aromatic rings. The van der Waals surface area contributed by atoms with Gasteiger partial charge in [-0.05, 0) is 46.0 Å². The maximum atomic E-state index is 14.2. The van der Waals surface area contributed by atoms with Gasteiger partial charge in [0.25, 0.3) is 0 Å². The molecule has 0 bridgehead atoms. The lowest BCUT2D eigenvalue weighted by molar-refractivity contribution is 0.198. The van der Waals surface area contributed by atoms with Crippen LogP contribution in [0.2, 0.25) is 0 Å². The molecule has 3 heterocycles. The van der Waals surface area contributed by atoms with Crippen molar-refractivity contribution >= 4 is 6.08 Å². The molecule has 0 fully saturated rings. The third-order valence-corrected chi connectivity index (χ3v) is 7.24.